The van der Waals surface area contributed by atoms with Gasteiger partial charge in [-0.05, 0) is 0 Å². The van der Waals surface area contributed by atoms with Crippen LogP contribution in [-0.4, -0.2) is 57.1 Å². The molecule has 0 rings (SSSR count). The molecule has 0 amide bonds. The minimum atomic E-state index is -1.50. The van der Waals surface area contributed by atoms with Gasteiger partial charge < -0.3 is 24.2 Å². The second-order valence-electron chi connectivity index (χ2n) is 3.19. The Hall–Kier alpha value is -0.810. The first kappa shape index (κ1) is 13.8. The molecule has 0 heterocycles. The van der Waals surface area contributed by atoms with Crippen molar-refractivity contribution in [1.29, 1.82) is 0 Å². The highest BCUT2D eigenvalue weighted by Crippen LogP contribution is 1.84. The van der Waals surface area contributed by atoms with Crippen molar-refractivity contribution in [3.05, 3.63) is 0 Å². The minimum absolute atomic E-state index is 0.281. The molecule has 0 spiro atoms. The third kappa shape index (κ3) is 22.9. The van der Waals surface area contributed by atoms with E-state index in [4.69, 9.17) is 15.0 Å². The predicted molar refractivity (Wildman–Crippen MR) is 42.4 cm³/mol. The van der Waals surface area contributed by atoms with Crippen LogP contribution >= 0.6 is 0 Å². The largest absolute Gasteiger partial charge is 0.553 e. The van der Waals surface area contributed by atoms with Crippen LogP contribution in [0.5, 0.6) is 0 Å². The Morgan fingerprint density at radius 1 is 1.50 bits per heavy atom. The molecule has 1 N–H and O–H groups in total. The minimum Gasteiger partial charge on any atom is -0.553 e. The molecular formula is C7H17NO4. The SMILES string of the molecule is COC(=O)[O-].C[N+](C)(C)CCO. The highest BCUT2D eigenvalue weighted by molar-refractivity contribution is 5.53. The maximum atomic E-state index is 9.03. The van der Waals surface area contributed by atoms with Gasteiger partial charge in [0, 0.05) is 7.11 Å². The number of ether oxygens (including phenoxy) is 1. The van der Waals surface area contributed by atoms with Gasteiger partial charge in [-0.15, -0.1) is 0 Å². The van der Waals surface area contributed by atoms with E-state index in [1.54, 1.807) is 0 Å². The summed E-state index contributed by atoms with van der Waals surface area (Å²) in [5.41, 5.74) is 0. The average molecular weight is 179 g/mol. The number of rotatable bonds is 2. The van der Waals surface area contributed by atoms with E-state index in [0.717, 1.165) is 18.1 Å². The number of aliphatic hydroxyl groups excluding tert-OH is 1. The molecule has 0 bridgehead atoms. The van der Waals surface area contributed by atoms with Crippen LogP contribution in [0.2, 0.25) is 0 Å². The third-order valence-corrected chi connectivity index (χ3v) is 0.937. The molecule has 0 aliphatic heterocycles. The van der Waals surface area contributed by atoms with Crippen LogP contribution in [0, 0.1) is 0 Å². The lowest BCUT2D eigenvalue weighted by Gasteiger charge is -2.21. The molecule has 0 aromatic carbocycles. The van der Waals surface area contributed by atoms with Crippen LogP contribution < -0.4 is 5.11 Å². The average Bonchev–Trinajstić information content (AvgIpc) is 1.86. The number of hydrogen-bond donors (Lipinski definition) is 1. The fourth-order valence-electron chi connectivity index (χ4n) is 0.300. The van der Waals surface area contributed by atoms with Crippen LogP contribution in [0.1, 0.15) is 0 Å². The molecule has 74 valence electrons. The second-order valence-corrected chi connectivity index (χ2v) is 3.19. The van der Waals surface area contributed by atoms with Crippen molar-refractivity contribution in [3.63, 3.8) is 0 Å². The zero-order valence-corrected chi connectivity index (χ0v) is 8.03. The first-order valence-electron chi connectivity index (χ1n) is 3.49. The van der Waals surface area contributed by atoms with Gasteiger partial charge in [0.15, 0.2) is 0 Å². The fourth-order valence-corrected chi connectivity index (χ4v) is 0.300. The molecule has 0 aromatic heterocycles. The van der Waals surface area contributed by atoms with Gasteiger partial charge in [0.25, 0.3) is 6.16 Å². The molecule has 0 aromatic rings. The Bertz CT molecular complexity index is 119. The smallest absolute Gasteiger partial charge is 0.251 e. The molecule has 0 atom stereocenters. The van der Waals surface area contributed by atoms with Crippen LogP contribution in [-0.2, 0) is 4.74 Å². The van der Waals surface area contributed by atoms with Crippen LogP contribution in [0.4, 0.5) is 4.79 Å². The lowest BCUT2D eigenvalue weighted by molar-refractivity contribution is -0.870. The van der Waals surface area contributed by atoms with Gasteiger partial charge in [0.05, 0.1) is 27.7 Å². The van der Waals surface area contributed by atoms with Gasteiger partial charge in [-0.2, -0.15) is 0 Å². The fraction of sp³-hybridized carbons (Fsp3) is 0.857. The quantitative estimate of drug-likeness (QED) is 0.421. The maximum Gasteiger partial charge on any atom is 0.251 e. The Labute approximate surface area is 72.8 Å². The van der Waals surface area contributed by atoms with Crippen molar-refractivity contribution >= 4 is 6.16 Å². The second kappa shape index (κ2) is 6.87. The Morgan fingerprint density at radius 3 is 1.83 bits per heavy atom. The monoisotopic (exact) mass is 179 g/mol. The van der Waals surface area contributed by atoms with Gasteiger partial charge >= 0.3 is 0 Å². The standard InChI is InChI=1S/C5H14NO.C2H4O3/c1-6(2,3)4-5-7;1-5-2(3)4/h7H,4-5H2,1-3H3;1H3,(H,3,4)/q+1;/p-1. The molecule has 0 saturated carbocycles. The number of aliphatic hydroxyl groups is 1. The molecule has 12 heavy (non-hydrogen) atoms. The summed E-state index contributed by atoms with van der Waals surface area (Å²) in [7, 11) is 7.19. The van der Waals surface area contributed by atoms with E-state index in [0.29, 0.717) is 0 Å². The first-order chi connectivity index (χ1) is 5.33. The number of carboxylic acid groups (broad SMARTS) is 1. The molecule has 0 unspecified atom stereocenters. The molecule has 5 nitrogen and oxygen atoms in total. The lowest BCUT2D eigenvalue weighted by Crippen LogP contribution is -2.36. The summed E-state index contributed by atoms with van der Waals surface area (Å²) in [5, 5.41) is 17.4. The topological polar surface area (TPSA) is 69.6 Å². The molecule has 0 aliphatic rings. The summed E-state index contributed by atoms with van der Waals surface area (Å²) in [6.07, 6.45) is -1.50. The summed E-state index contributed by atoms with van der Waals surface area (Å²) in [4.78, 5) is 9.03. The van der Waals surface area contributed by atoms with Crippen LogP contribution in [0.3, 0.4) is 0 Å². The van der Waals surface area contributed by atoms with E-state index < -0.39 is 6.16 Å². The molecule has 0 saturated heterocycles. The zero-order chi connectivity index (χ0) is 10.2. The molecule has 0 aliphatic carbocycles. The maximum absolute atomic E-state index is 9.03. The van der Waals surface area contributed by atoms with E-state index in [1.807, 2.05) is 0 Å². The number of carbonyl (C=O) groups is 1. The van der Waals surface area contributed by atoms with E-state index in [9.17, 15) is 0 Å². The van der Waals surface area contributed by atoms with E-state index in [1.165, 1.54) is 0 Å². The predicted octanol–water partition coefficient (Wildman–Crippen LogP) is -1.34. The van der Waals surface area contributed by atoms with Gasteiger partial charge in [-0.25, -0.2) is 0 Å². The van der Waals surface area contributed by atoms with Gasteiger partial charge in [0.1, 0.15) is 6.54 Å². The Balaban J connectivity index is 0. The van der Waals surface area contributed by atoms with E-state index in [2.05, 4.69) is 25.9 Å². The first-order valence-corrected chi connectivity index (χ1v) is 3.49. The van der Waals surface area contributed by atoms with Crippen molar-refractivity contribution in [2.45, 2.75) is 0 Å². The van der Waals surface area contributed by atoms with Crippen LogP contribution in [0.25, 0.3) is 0 Å². The van der Waals surface area contributed by atoms with Gasteiger partial charge in [-0.1, -0.05) is 0 Å². The normalized spacial score (nSPS) is 9.75. The highest BCUT2D eigenvalue weighted by Gasteiger charge is 2.02. The third-order valence-electron chi connectivity index (χ3n) is 0.937. The summed E-state index contributed by atoms with van der Waals surface area (Å²) in [6.45, 7) is 1.11. The number of methoxy groups -OCH3 is 1. The summed E-state index contributed by atoms with van der Waals surface area (Å²) in [6, 6.07) is 0. The van der Waals surface area contributed by atoms with Gasteiger partial charge in [-0.3, -0.25) is 0 Å². The number of quaternary nitrogens is 1. The number of nitrogens with zero attached hydrogens (tertiary/aromatic N) is 1. The molecular weight excluding hydrogens is 162 g/mol. The molecule has 0 fully saturated rings. The Kier molecular flexibility index (Phi) is 7.88. The lowest BCUT2D eigenvalue weighted by atomic mass is 10.5. The van der Waals surface area contributed by atoms with Crippen molar-refractivity contribution in [3.8, 4) is 0 Å². The molecule has 0 radical (unpaired) electrons. The zero-order valence-electron chi connectivity index (χ0n) is 8.03. The molecule has 5 heteroatoms. The number of carbonyl (C=O) groups excluding carboxylic acids is 1. The highest BCUT2D eigenvalue weighted by atomic mass is 16.6. The van der Waals surface area contributed by atoms with E-state index in [-0.39, 0.29) is 6.61 Å². The van der Waals surface area contributed by atoms with Crippen LogP contribution in [0.15, 0.2) is 0 Å². The van der Waals surface area contributed by atoms with Crippen molar-refractivity contribution in [2.75, 3.05) is 41.4 Å². The summed E-state index contributed by atoms with van der Waals surface area (Å²) in [5.74, 6) is 0. The Morgan fingerprint density at radius 2 is 1.83 bits per heavy atom. The number of hydrogen-bond acceptors (Lipinski definition) is 4. The number of likely N-dealkylation sites (N-methyl/N-ethyl adjacent to an activating group) is 1. The van der Waals surface area contributed by atoms with Gasteiger partial charge in [0.2, 0.25) is 0 Å². The van der Waals surface area contributed by atoms with Crippen molar-refractivity contribution in [1.82, 2.24) is 0 Å². The van der Waals surface area contributed by atoms with E-state index >= 15 is 0 Å². The summed E-state index contributed by atoms with van der Waals surface area (Å²) < 4.78 is 4.40. The summed E-state index contributed by atoms with van der Waals surface area (Å²) >= 11 is 0. The van der Waals surface area contributed by atoms with Crippen molar-refractivity contribution < 1.29 is 24.2 Å². The van der Waals surface area contributed by atoms with Crippen molar-refractivity contribution in [2.24, 2.45) is 0 Å².